The standard InChI is InChI=1S/C22H26N6O/c1-3-7-19(8-4-1)18-28(20-9-5-2-6-10-20)22-25-21(17-24-26-22)23-11-12-27-13-15-29-16-14-27/h1-10,17H,11-16,18H2,(H,23,25,26). The number of hydrogen-bond acceptors (Lipinski definition) is 7. The second-order valence-corrected chi connectivity index (χ2v) is 6.93. The van der Waals surface area contributed by atoms with E-state index < -0.39 is 0 Å². The highest BCUT2D eigenvalue weighted by atomic mass is 16.5. The Morgan fingerprint density at radius 3 is 2.45 bits per heavy atom. The molecule has 1 aliphatic rings. The highest BCUT2D eigenvalue weighted by Crippen LogP contribution is 2.24. The SMILES string of the molecule is c1ccc(CN(c2ccccc2)c2nncc(NCCN3CCOCC3)n2)cc1. The minimum absolute atomic E-state index is 0.580. The van der Waals surface area contributed by atoms with E-state index in [2.05, 4.69) is 49.6 Å². The summed E-state index contributed by atoms with van der Waals surface area (Å²) in [4.78, 5) is 9.19. The Hall–Kier alpha value is -3.03. The molecule has 0 radical (unpaired) electrons. The molecule has 0 aliphatic carbocycles. The van der Waals surface area contributed by atoms with Crippen LogP contribution in [0.3, 0.4) is 0 Å². The van der Waals surface area contributed by atoms with Crippen LogP contribution >= 0.6 is 0 Å². The maximum atomic E-state index is 5.40. The molecule has 1 aromatic heterocycles. The molecule has 1 aliphatic heterocycles. The molecule has 1 N–H and O–H groups in total. The molecule has 0 spiro atoms. The Morgan fingerprint density at radius 2 is 1.69 bits per heavy atom. The molecule has 0 bridgehead atoms. The second-order valence-electron chi connectivity index (χ2n) is 6.93. The number of nitrogens with zero attached hydrogens (tertiary/aromatic N) is 5. The number of aromatic nitrogens is 3. The Bertz CT molecular complexity index is 871. The van der Waals surface area contributed by atoms with Gasteiger partial charge in [-0.25, -0.2) is 0 Å². The number of rotatable bonds is 8. The van der Waals surface area contributed by atoms with E-state index in [-0.39, 0.29) is 0 Å². The van der Waals surface area contributed by atoms with E-state index in [1.807, 2.05) is 36.4 Å². The summed E-state index contributed by atoms with van der Waals surface area (Å²) in [6.45, 7) is 6.01. The lowest BCUT2D eigenvalue weighted by Gasteiger charge is -2.26. The van der Waals surface area contributed by atoms with Gasteiger partial charge in [-0.15, -0.1) is 5.10 Å². The van der Waals surface area contributed by atoms with Crippen LogP contribution in [0.2, 0.25) is 0 Å². The van der Waals surface area contributed by atoms with Gasteiger partial charge < -0.3 is 15.0 Å². The van der Waals surface area contributed by atoms with Crippen molar-refractivity contribution in [2.24, 2.45) is 0 Å². The smallest absolute Gasteiger partial charge is 0.252 e. The third-order valence-corrected chi connectivity index (χ3v) is 4.88. The zero-order chi connectivity index (χ0) is 19.7. The zero-order valence-corrected chi connectivity index (χ0v) is 16.4. The largest absolute Gasteiger partial charge is 0.379 e. The van der Waals surface area contributed by atoms with E-state index in [0.29, 0.717) is 12.5 Å². The van der Waals surface area contributed by atoms with Crippen LogP contribution in [-0.4, -0.2) is 59.5 Å². The molecule has 7 nitrogen and oxygen atoms in total. The van der Waals surface area contributed by atoms with Crippen molar-refractivity contribution in [2.75, 3.05) is 49.6 Å². The molecule has 7 heteroatoms. The summed E-state index contributed by atoms with van der Waals surface area (Å²) in [5.41, 5.74) is 2.22. The van der Waals surface area contributed by atoms with Crippen LogP contribution in [0.4, 0.5) is 17.5 Å². The zero-order valence-electron chi connectivity index (χ0n) is 16.4. The maximum absolute atomic E-state index is 5.40. The van der Waals surface area contributed by atoms with Gasteiger partial charge in [-0.2, -0.15) is 10.1 Å². The van der Waals surface area contributed by atoms with Crippen LogP contribution in [0.1, 0.15) is 5.56 Å². The minimum Gasteiger partial charge on any atom is -0.379 e. The number of hydrogen-bond donors (Lipinski definition) is 1. The van der Waals surface area contributed by atoms with Gasteiger partial charge in [-0.1, -0.05) is 48.5 Å². The lowest BCUT2D eigenvalue weighted by molar-refractivity contribution is 0.0398. The van der Waals surface area contributed by atoms with Crippen LogP contribution in [0.15, 0.2) is 66.9 Å². The van der Waals surface area contributed by atoms with E-state index in [1.54, 1.807) is 6.20 Å². The van der Waals surface area contributed by atoms with E-state index in [9.17, 15) is 0 Å². The summed E-state index contributed by atoms with van der Waals surface area (Å²) in [7, 11) is 0. The third-order valence-electron chi connectivity index (χ3n) is 4.88. The lowest BCUT2D eigenvalue weighted by atomic mass is 10.2. The van der Waals surface area contributed by atoms with Crippen LogP contribution in [0.25, 0.3) is 0 Å². The molecule has 29 heavy (non-hydrogen) atoms. The predicted molar refractivity (Wildman–Crippen MR) is 114 cm³/mol. The Kier molecular flexibility index (Phi) is 6.62. The topological polar surface area (TPSA) is 66.4 Å². The van der Waals surface area contributed by atoms with Crippen LogP contribution < -0.4 is 10.2 Å². The summed E-state index contributed by atoms with van der Waals surface area (Å²) >= 11 is 0. The fraction of sp³-hybridized carbons (Fsp3) is 0.318. The fourth-order valence-corrected chi connectivity index (χ4v) is 3.31. The number of nitrogens with one attached hydrogen (secondary N) is 1. The first-order valence-electron chi connectivity index (χ1n) is 9.99. The Labute approximate surface area is 171 Å². The highest BCUT2D eigenvalue weighted by molar-refractivity contribution is 5.58. The minimum atomic E-state index is 0.580. The number of benzene rings is 2. The molecule has 150 valence electrons. The Balaban J connectivity index is 1.47. The second kappa shape index (κ2) is 9.95. The summed E-state index contributed by atoms with van der Waals surface area (Å²) in [5, 5.41) is 11.9. The van der Waals surface area contributed by atoms with E-state index in [1.165, 1.54) is 5.56 Å². The van der Waals surface area contributed by atoms with Gasteiger partial charge in [-0.05, 0) is 17.7 Å². The number of anilines is 3. The van der Waals surface area contributed by atoms with Gasteiger partial charge in [0.25, 0.3) is 5.95 Å². The summed E-state index contributed by atoms with van der Waals surface area (Å²) in [6, 6.07) is 20.5. The molecule has 2 heterocycles. The van der Waals surface area contributed by atoms with Crippen LogP contribution in [0, 0.1) is 0 Å². The molecule has 0 unspecified atom stereocenters. The normalized spacial score (nSPS) is 14.5. The molecule has 1 fully saturated rings. The molecule has 0 saturated carbocycles. The first-order chi connectivity index (χ1) is 14.4. The van der Waals surface area contributed by atoms with Crippen molar-refractivity contribution in [3.05, 3.63) is 72.4 Å². The van der Waals surface area contributed by atoms with Crippen LogP contribution in [0.5, 0.6) is 0 Å². The maximum Gasteiger partial charge on any atom is 0.252 e. The van der Waals surface area contributed by atoms with Crippen molar-refractivity contribution in [2.45, 2.75) is 6.54 Å². The van der Waals surface area contributed by atoms with Crippen molar-refractivity contribution in [1.29, 1.82) is 0 Å². The van der Waals surface area contributed by atoms with Crippen molar-refractivity contribution >= 4 is 17.5 Å². The van der Waals surface area contributed by atoms with Gasteiger partial charge in [0.15, 0.2) is 5.82 Å². The first kappa shape index (κ1) is 19.3. The van der Waals surface area contributed by atoms with Crippen molar-refractivity contribution in [3.63, 3.8) is 0 Å². The molecule has 0 atom stereocenters. The summed E-state index contributed by atoms with van der Waals surface area (Å²) < 4.78 is 5.40. The number of morpholine rings is 1. The van der Waals surface area contributed by atoms with Gasteiger partial charge in [0, 0.05) is 31.9 Å². The van der Waals surface area contributed by atoms with E-state index >= 15 is 0 Å². The van der Waals surface area contributed by atoms with Gasteiger partial charge >= 0.3 is 0 Å². The average molecular weight is 390 g/mol. The lowest BCUT2D eigenvalue weighted by Crippen LogP contribution is -2.39. The van der Waals surface area contributed by atoms with Crippen molar-refractivity contribution < 1.29 is 4.74 Å². The molecule has 3 aromatic rings. The van der Waals surface area contributed by atoms with Crippen LogP contribution in [-0.2, 0) is 11.3 Å². The highest BCUT2D eigenvalue weighted by Gasteiger charge is 2.15. The van der Waals surface area contributed by atoms with Gasteiger partial charge in [0.1, 0.15) is 0 Å². The quantitative estimate of drug-likeness (QED) is 0.634. The molecule has 4 rings (SSSR count). The fourth-order valence-electron chi connectivity index (χ4n) is 3.31. The first-order valence-corrected chi connectivity index (χ1v) is 9.99. The molecule has 2 aromatic carbocycles. The van der Waals surface area contributed by atoms with Crippen molar-refractivity contribution in [3.8, 4) is 0 Å². The predicted octanol–water partition coefficient (Wildman–Crippen LogP) is 2.95. The third kappa shape index (κ3) is 5.49. The average Bonchev–Trinajstić information content (AvgIpc) is 2.80. The molecule has 1 saturated heterocycles. The van der Waals surface area contributed by atoms with Gasteiger partial charge in [0.05, 0.1) is 26.0 Å². The van der Waals surface area contributed by atoms with E-state index in [4.69, 9.17) is 9.72 Å². The Morgan fingerprint density at radius 1 is 0.966 bits per heavy atom. The van der Waals surface area contributed by atoms with Gasteiger partial charge in [0.2, 0.25) is 0 Å². The monoisotopic (exact) mass is 390 g/mol. The molecular formula is C22H26N6O. The molecule has 0 amide bonds. The summed E-state index contributed by atoms with van der Waals surface area (Å²) in [5.74, 6) is 1.31. The van der Waals surface area contributed by atoms with E-state index in [0.717, 1.165) is 50.9 Å². The number of ether oxygens (including phenoxy) is 1. The number of para-hydroxylation sites is 1. The van der Waals surface area contributed by atoms with Crippen molar-refractivity contribution in [1.82, 2.24) is 20.1 Å². The molecular weight excluding hydrogens is 364 g/mol. The summed E-state index contributed by atoms with van der Waals surface area (Å²) in [6.07, 6.45) is 1.68. The van der Waals surface area contributed by atoms with Gasteiger partial charge in [-0.3, -0.25) is 4.90 Å².